The number of nitrogens with one attached hydrogen (secondary N) is 1. The highest BCUT2D eigenvalue weighted by molar-refractivity contribution is 6.35. The molecule has 3 nitrogen and oxygen atoms in total. The summed E-state index contributed by atoms with van der Waals surface area (Å²) in [4.78, 5) is 12.2. The third kappa shape index (κ3) is 6.13. The average molecular weight is 481 g/mol. The van der Waals surface area contributed by atoms with Crippen molar-refractivity contribution in [2.75, 3.05) is 6.54 Å². The molecule has 0 saturated carbocycles. The number of hydrogen-bond donors (Lipinski definition) is 1. The molecule has 0 aromatic heterocycles. The van der Waals surface area contributed by atoms with E-state index in [0.29, 0.717) is 33.1 Å². The van der Waals surface area contributed by atoms with Crippen LogP contribution in [0.5, 0.6) is 5.75 Å². The lowest BCUT2D eigenvalue weighted by Gasteiger charge is -2.22. The standard InChI is InChI=1S/C24H21Cl3FNO2/c1-14(2)13-29-24(30)16-5-10-22(21(28)11-16)31-23(15-3-6-17(25)7-4-15)19-9-8-18(26)12-20(19)27/h3-12,14,23H,13H2,1-2H3,(H,29,30). The molecule has 3 aromatic rings. The van der Waals surface area contributed by atoms with Gasteiger partial charge in [0.2, 0.25) is 0 Å². The summed E-state index contributed by atoms with van der Waals surface area (Å²) in [5, 5.41) is 4.19. The van der Waals surface area contributed by atoms with E-state index in [4.69, 9.17) is 39.5 Å². The third-order valence-corrected chi connectivity index (χ3v) is 5.34. The van der Waals surface area contributed by atoms with Gasteiger partial charge in [-0.2, -0.15) is 0 Å². The fourth-order valence-corrected chi connectivity index (χ4v) is 3.56. The van der Waals surface area contributed by atoms with Gasteiger partial charge in [0.1, 0.15) is 0 Å². The monoisotopic (exact) mass is 479 g/mol. The Labute approximate surface area is 196 Å². The molecule has 0 bridgehead atoms. The zero-order chi connectivity index (χ0) is 22.5. The molecule has 7 heteroatoms. The molecule has 0 aliphatic rings. The van der Waals surface area contributed by atoms with E-state index in [1.807, 2.05) is 13.8 Å². The molecule has 0 aliphatic heterocycles. The second-order valence-corrected chi connectivity index (χ2v) is 8.74. The molecular weight excluding hydrogens is 460 g/mol. The van der Waals surface area contributed by atoms with Gasteiger partial charge in [-0.15, -0.1) is 0 Å². The first-order chi connectivity index (χ1) is 14.7. The number of rotatable bonds is 7. The molecule has 0 spiro atoms. The first-order valence-electron chi connectivity index (χ1n) is 9.69. The lowest BCUT2D eigenvalue weighted by atomic mass is 10.0. The zero-order valence-corrected chi connectivity index (χ0v) is 19.2. The Kier molecular flexibility index (Phi) is 7.82. The fraction of sp³-hybridized carbons (Fsp3) is 0.208. The van der Waals surface area contributed by atoms with Crippen molar-refractivity contribution in [3.63, 3.8) is 0 Å². The topological polar surface area (TPSA) is 38.3 Å². The van der Waals surface area contributed by atoms with Crippen LogP contribution in [0.15, 0.2) is 60.7 Å². The summed E-state index contributed by atoms with van der Waals surface area (Å²) < 4.78 is 20.9. The van der Waals surface area contributed by atoms with Crippen molar-refractivity contribution in [3.05, 3.63) is 98.2 Å². The summed E-state index contributed by atoms with van der Waals surface area (Å²) in [5.74, 6) is -0.706. The highest BCUT2D eigenvalue weighted by Gasteiger charge is 2.22. The summed E-state index contributed by atoms with van der Waals surface area (Å²) in [5.41, 5.74) is 1.57. The molecule has 162 valence electrons. The van der Waals surface area contributed by atoms with Crippen molar-refractivity contribution in [3.8, 4) is 5.75 Å². The van der Waals surface area contributed by atoms with Crippen LogP contribution in [0.25, 0.3) is 0 Å². The molecular formula is C24H21Cl3FNO2. The Hall–Kier alpha value is -2.27. The Balaban J connectivity index is 1.92. The molecule has 0 heterocycles. The van der Waals surface area contributed by atoms with E-state index in [2.05, 4.69) is 5.32 Å². The fourth-order valence-electron chi connectivity index (χ4n) is 2.93. The second kappa shape index (κ2) is 10.4. The largest absolute Gasteiger partial charge is 0.478 e. The van der Waals surface area contributed by atoms with E-state index in [1.165, 1.54) is 12.1 Å². The molecule has 1 unspecified atom stereocenters. The first-order valence-corrected chi connectivity index (χ1v) is 10.8. The minimum atomic E-state index is -0.711. The summed E-state index contributed by atoms with van der Waals surface area (Å²) in [6, 6.07) is 16.1. The van der Waals surface area contributed by atoms with Crippen LogP contribution in [0.1, 0.15) is 41.4 Å². The molecule has 0 radical (unpaired) electrons. The lowest BCUT2D eigenvalue weighted by molar-refractivity contribution is 0.0948. The van der Waals surface area contributed by atoms with Gasteiger partial charge in [0.25, 0.3) is 5.91 Å². The quantitative estimate of drug-likeness (QED) is 0.384. The number of amides is 1. The van der Waals surface area contributed by atoms with Crippen LogP contribution in [-0.4, -0.2) is 12.5 Å². The molecule has 31 heavy (non-hydrogen) atoms. The van der Waals surface area contributed by atoms with Gasteiger partial charge >= 0.3 is 0 Å². The number of carbonyl (C=O) groups excluding carboxylic acids is 1. The minimum Gasteiger partial charge on any atom is -0.478 e. The van der Waals surface area contributed by atoms with Gasteiger partial charge < -0.3 is 10.1 Å². The predicted molar refractivity (Wildman–Crippen MR) is 124 cm³/mol. The maximum atomic E-state index is 14.8. The normalized spacial score (nSPS) is 12.0. The number of halogens is 4. The van der Waals surface area contributed by atoms with E-state index >= 15 is 0 Å². The van der Waals surface area contributed by atoms with Gasteiger partial charge in [0.05, 0.1) is 0 Å². The SMILES string of the molecule is CC(C)CNC(=O)c1ccc(OC(c2ccc(Cl)cc2)c2ccc(Cl)cc2Cl)c(F)c1. The molecule has 1 atom stereocenters. The predicted octanol–water partition coefficient (Wildman–Crippen LogP) is 7.34. The van der Waals surface area contributed by atoms with Crippen molar-refractivity contribution in [2.45, 2.75) is 20.0 Å². The van der Waals surface area contributed by atoms with Gasteiger partial charge in [-0.05, 0) is 53.9 Å². The Bertz CT molecular complexity index is 1070. The van der Waals surface area contributed by atoms with E-state index in [-0.39, 0.29) is 17.2 Å². The molecule has 1 amide bonds. The molecule has 0 saturated heterocycles. The summed E-state index contributed by atoms with van der Waals surface area (Å²) >= 11 is 18.4. The number of benzene rings is 3. The summed E-state index contributed by atoms with van der Waals surface area (Å²) in [7, 11) is 0. The second-order valence-electron chi connectivity index (χ2n) is 7.46. The van der Waals surface area contributed by atoms with Gasteiger partial charge in [0, 0.05) is 32.7 Å². The molecule has 3 rings (SSSR count). The number of carbonyl (C=O) groups is 1. The van der Waals surface area contributed by atoms with Gasteiger partial charge in [-0.3, -0.25) is 4.79 Å². The van der Waals surface area contributed by atoms with Crippen LogP contribution in [0.4, 0.5) is 4.39 Å². The van der Waals surface area contributed by atoms with E-state index < -0.39 is 11.9 Å². The van der Waals surface area contributed by atoms with Crippen molar-refractivity contribution < 1.29 is 13.9 Å². The maximum absolute atomic E-state index is 14.8. The first kappa shape index (κ1) is 23.4. The van der Waals surface area contributed by atoms with Crippen molar-refractivity contribution in [1.29, 1.82) is 0 Å². The minimum absolute atomic E-state index is 0.00798. The third-order valence-electron chi connectivity index (χ3n) is 4.53. The van der Waals surface area contributed by atoms with E-state index in [0.717, 1.165) is 11.6 Å². The maximum Gasteiger partial charge on any atom is 0.251 e. The molecule has 1 N–H and O–H groups in total. The highest BCUT2D eigenvalue weighted by Crippen LogP contribution is 2.35. The lowest BCUT2D eigenvalue weighted by Crippen LogP contribution is -2.27. The van der Waals surface area contributed by atoms with Crippen molar-refractivity contribution in [1.82, 2.24) is 5.32 Å². The highest BCUT2D eigenvalue weighted by atomic mass is 35.5. The zero-order valence-electron chi connectivity index (χ0n) is 17.0. The van der Waals surface area contributed by atoms with Crippen LogP contribution >= 0.6 is 34.8 Å². The van der Waals surface area contributed by atoms with Crippen molar-refractivity contribution in [2.24, 2.45) is 5.92 Å². The molecule has 0 fully saturated rings. The molecule has 3 aromatic carbocycles. The Morgan fingerprint density at radius 1 is 0.968 bits per heavy atom. The molecule has 0 aliphatic carbocycles. The number of ether oxygens (including phenoxy) is 1. The average Bonchev–Trinajstić information content (AvgIpc) is 2.72. The summed E-state index contributed by atoms with van der Waals surface area (Å²) in [6.07, 6.45) is -0.711. The van der Waals surface area contributed by atoms with E-state index in [9.17, 15) is 9.18 Å². The van der Waals surface area contributed by atoms with Crippen LogP contribution < -0.4 is 10.1 Å². The van der Waals surface area contributed by atoms with Crippen LogP contribution in [0.2, 0.25) is 15.1 Å². The summed E-state index contributed by atoms with van der Waals surface area (Å²) in [6.45, 7) is 4.47. The van der Waals surface area contributed by atoms with Crippen LogP contribution in [0.3, 0.4) is 0 Å². The van der Waals surface area contributed by atoms with Gasteiger partial charge in [-0.1, -0.05) is 66.8 Å². The van der Waals surface area contributed by atoms with Crippen molar-refractivity contribution >= 4 is 40.7 Å². The van der Waals surface area contributed by atoms with Gasteiger partial charge in [-0.25, -0.2) is 4.39 Å². The smallest absolute Gasteiger partial charge is 0.251 e. The van der Waals surface area contributed by atoms with Gasteiger partial charge in [0.15, 0.2) is 17.7 Å². The number of hydrogen-bond acceptors (Lipinski definition) is 2. The Morgan fingerprint density at radius 3 is 2.26 bits per heavy atom. The van der Waals surface area contributed by atoms with E-state index in [1.54, 1.807) is 42.5 Å². The van der Waals surface area contributed by atoms with Crippen LogP contribution in [0, 0.1) is 11.7 Å². The van der Waals surface area contributed by atoms with Crippen LogP contribution in [-0.2, 0) is 0 Å². The Morgan fingerprint density at radius 2 is 1.65 bits per heavy atom.